The van der Waals surface area contributed by atoms with E-state index in [1.807, 2.05) is 18.2 Å². The first kappa shape index (κ1) is 14.4. The fourth-order valence-electron chi connectivity index (χ4n) is 2.64. The second-order valence-electron chi connectivity index (χ2n) is 5.66. The Morgan fingerprint density at radius 3 is 2.68 bits per heavy atom. The Kier molecular flexibility index (Phi) is 4.00. The molecule has 0 saturated heterocycles. The van der Waals surface area contributed by atoms with Crippen LogP contribution in [0.15, 0.2) is 42.5 Å². The maximum Gasteiger partial charge on any atom is 0.407 e. The van der Waals surface area contributed by atoms with Gasteiger partial charge in [0.1, 0.15) is 12.4 Å². The third-order valence-corrected chi connectivity index (χ3v) is 3.99. The van der Waals surface area contributed by atoms with Gasteiger partial charge in [-0.15, -0.1) is 0 Å². The van der Waals surface area contributed by atoms with Gasteiger partial charge >= 0.3 is 6.09 Å². The largest absolute Gasteiger partial charge is 0.489 e. The van der Waals surface area contributed by atoms with E-state index in [0.717, 1.165) is 23.3 Å². The molecule has 1 N–H and O–H groups in total. The fourth-order valence-corrected chi connectivity index (χ4v) is 2.64. The predicted octanol–water partition coefficient (Wildman–Crippen LogP) is 3.61. The Morgan fingerprint density at radius 1 is 1.18 bits per heavy atom. The summed E-state index contributed by atoms with van der Waals surface area (Å²) in [6, 6.07) is 14.2. The van der Waals surface area contributed by atoms with Gasteiger partial charge in [-0.25, -0.2) is 4.79 Å². The zero-order chi connectivity index (χ0) is 15.5. The Balaban J connectivity index is 1.69. The van der Waals surface area contributed by atoms with Crippen molar-refractivity contribution in [3.8, 4) is 5.75 Å². The lowest BCUT2D eigenvalue weighted by molar-refractivity contribution is 0.140. The SMILES string of the molecule is Cc1ccc(COc2ccc3c(c2)CN(C(=O)O)CC3)cc1. The molecule has 1 heterocycles. The molecule has 0 aliphatic carbocycles. The number of carbonyl (C=O) groups is 1. The summed E-state index contributed by atoms with van der Waals surface area (Å²) in [5, 5.41) is 9.10. The quantitative estimate of drug-likeness (QED) is 0.941. The molecule has 4 nitrogen and oxygen atoms in total. The topological polar surface area (TPSA) is 49.8 Å². The first-order valence-corrected chi connectivity index (χ1v) is 7.40. The third-order valence-electron chi connectivity index (χ3n) is 3.99. The summed E-state index contributed by atoms with van der Waals surface area (Å²) in [5.41, 5.74) is 4.59. The molecular weight excluding hydrogens is 278 g/mol. The number of hydrogen-bond donors (Lipinski definition) is 1. The number of benzene rings is 2. The molecule has 1 aliphatic heterocycles. The Labute approximate surface area is 130 Å². The minimum Gasteiger partial charge on any atom is -0.489 e. The van der Waals surface area contributed by atoms with E-state index in [2.05, 4.69) is 31.2 Å². The molecule has 1 aliphatic rings. The maximum absolute atomic E-state index is 11.1. The molecule has 0 atom stereocenters. The molecule has 3 rings (SSSR count). The van der Waals surface area contributed by atoms with Crippen molar-refractivity contribution in [3.63, 3.8) is 0 Å². The van der Waals surface area contributed by atoms with Crippen LogP contribution in [0.1, 0.15) is 22.3 Å². The highest BCUT2D eigenvalue weighted by atomic mass is 16.5. The Hall–Kier alpha value is -2.49. The summed E-state index contributed by atoms with van der Waals surface area (Å²) in [6.07, 6.45) is -0.100. The second-order valence-corrected chi connectivity index (χ2v) is 5.66. The van der Waals surface area contributed by atoms with Gasteiger partial charge in [0.25, 0.3) is 0 Å². The van der Waals surface area contributed by atoms with E-state index in [0.29, 0.717) is 19.7 Å². The van der Waals surface area contributed by atoms with Crippen molar-refractivity contribution in [1.29, 1.82) is 0 Å². The van der Waals surface area contributed by atoms with Crippen molar-refractivity contribution in [2.24, 2.45) is 0 Å². The monoisotopic (exact) mass is 297 g/mol. The molecule has 0 unspecified atom stereocenters. The molecule has 22 heavy (non-hydrogen) atoms. The van der Waals surface area contributed by atoms with Crippen molar-refractivity contribution < 1.29 is 14.6 Å². The lowest BCUT2D eigenvalue weighted by Crippen LogP contribution is -2.34. The van der Waals surface area contributed by atoms with Crippen LogP contribution >= 0.6 is 0 Å². The molecule has 114 valence electrons. The maximum atomic E-state index is 11.1. The minimum absolute atomic E-state index is 0.437. The summed E-state index contributed by atoms with van der Waals surface area (Å²) >= 11 is 0. The molecule has 0 spiro atoms. The highest BCUT2D eigenvalue weighted by Gasteiger charge is 2.20. The number of fused-ring (bicyclic) bond motifs is 1. The van der Waals surface area contributed by atoms with Crippen LogP contribution in [0, 0.1) is 6.92 Å². The third kappa shape index (κ3) is 3.22. The lowest BCUT2D eigenvalue weighted by atomic mass is 10.00. The van der Waals surface area contributed by atoms with Gasteiger partial charge < -0.3 is 14.7 Å². The summed E-state index contributed by atoms with van der Waals surface area (Å²) in [5.74, 6) is 0.784. The van der Waals surface area contributed by atoms with Gasteiger partial charge in [0, 0.05) is 13.1 Å². The molecule has 2 aromatic rings. The molecule has 2 aromatic carbocycles. The van der Waals surface area contributed by atoms with E-state index in [9.17, 15) is 4.79 Å². The van der Waals surface area contributed by atoms with Crippen LogP contribution in [0.25, 0.3) is 0 Å². The zero-order valence-corrected chi connectivity index (χ0v) is 12.6. The molecule has 1 amide bonds. The van der Waals surface area contributed by atoms with Crippen molar-refractivity contribution in [3.05, 3.63) is 64.7 Å². The highest BCUT2D eigenvalue weighted by molar-refractivity contribution is 5.65. The first-order chi connectivity index (χ1) is 10.6. The van der Waals surface area contributed by atoms with Crippen LogP contribution in [0.3, 0.4) is 0 Å². The predicted molar refractivity (Wildman–Crippen MR) is 84.1 cm³/mol. The molecule has 0 radical (unpaired) electrons. The lowest BCUT2D eigenvalue weighted by Gasteiger charge is -2.26. The molecule has 4 heteroatoms. The molecule has 0 saturated carbocycles. The van der Waals surface area contributed by atoms with Gasteiger partial charge in [-0.3, -0.25) is 0 Å². The van der Waals surface area contributed by atoms with Crippen molar-refractivity contribution in [1.82, 2.24) is 4.90 Å². The van der Waals surface area contributed by atoms with E-state index >= 15 is 0 Å². The summed E-state index contributed by atoms with van der Waals surface area (Å²) < 4.78 is 5.83. The summed E-state index contributed by atoms with van der Waals surface area (Å²) in [4.78, 5) is 12.5. The van der Waals surface area contributed by atoms with Gasteiger partial charge in [-0.2, -0.15) is 0 Å². The second kappa shape index (κ2) is 6.10. The van der Waals surface area contributed by atoms with Gasteiger partial charge in [0.05, 0.1) is 0 Å². The number of nitrogens with zero attached hydrogens (tertiary/aromatic N) is 1. The van der Waals surface area contributed by atoms with Crippen LogP contribution in [-0.2, 0) is 19.6 Å². The number of aryl methyl sites for hydroxylation is 1. The highest BCUT2D eigenvalue weighted by Crippen LogP contribution is 2.24. The summed E-state index contributed by atoms with van der Waals surface area (Å²) in [7, 11) is 0. The number of ether oxygens (including phenoxy) is 1. The minimum atomic E-state index is -0.864. The normalized spacial score (nSPS) is 13.6. The first-order valence-electron chi connectivity index (χ1n) is 7.40. The summed E-state index contributed by atoms with van der Waals surface area (Å²) in [6.45, 7) is 3.57. The Morgan fingerprint density at radius 2 is 1.95 bits per heavy atom. The van der Waals surface area contributed by atoms with Crippen LogP contribution in [-0.4, -0.2) is 22.6 Å². The van der Waals surface area contributed by atoms with Gasteiger partial charge in [-0.1, -0.05) is 35.9 Å². The van der Waals surface area contributed by atoms with E-state index in [1.54, 1.807) is 0 Å². The Bertz CT molecular complexity index is 679. The standard InChI is InChI=1S/C18H19NO3/c1-13-2-4-14(5-3-13)12-22-17-7-6-15-8-9-19(18(20)21)11-16(15)10-17/h2-7,10H,8-9,11-12H2,1H3,(H,20,21). The van der Waals surface area contributed by atoms with Gasteiger partial charge in [0.15, 0.2) is 0 Å². The number of carboxylic acid groups (broad SMARTS) is 1. The molecular formula is C18H19NO3. The molecule has 0 aromatic heterocycles. The van der Waals surface area contributed by atoms with Crippen molar-refractivity contribution >= 4 is 6.09 Å². The average molecular weight is 297 g/mol. The van der Waals surface area contributed by atoms with Crippen LogP contribution in [0.5, 0.6) is 5.75 Å². The fraction of sp³-hybridized carbons (Fsp3) is 0.278. The van der Waals surface area contributed by atoms with Crippen LogP contribution in [0.2, 0.25) is 0 Å². The number of rotatable bonds is 3. The van der Waals surface area contributed by atoms with Gasteiger partial charge in [-0.05, 0) is 42.2 Å². The number of amides is 1. The van der Waals surface area contributed by atoms with Gasteiger partial charge in [0.2, 0.25) is 0 Å². The van der Waals surface area contributed by atoms with Crippen LogP contribution < -0.4 is 4.74 Å². The van der Waals surface area contributed by atoms with E-state index in [1.165, 1.54) is 16.0 Å². The smallest absolute Gasteiger partial charge is 0.407 e. The van der Waals surface area contributed by atoms with Crippen LogP contribution in [0.4, 0.5) is 4.79 Å². The van der Waals surface area contributed by atoms with E-state index in [-0.39, 0.29) is 0 Å². The molecule has 0 fully saturated rings. The van der Waals surface area contributed by atoms with Crippen molar-refractivity contribution in [2.75, 3.05) is 6.54 Å². The number of hydrogen-bond acceptors (Lipinski definition) is 2. The van der Waals surface area contributed by atoms with Crippen molar-refractivity contribution in [2.45, 2.75) is 26.5 Å². The zero-order valence-electron chi connectivity index (χ0n) is 12.6. The molecule has 0 bridgehead atoms. The van der Waals surface area contributed by atoms with E-state index in [4.69, 9.17) is 9.84 Å². The average Bonchev–Trinajstić information content (AvgIpc) is 2.53. The van der Waals surface area contributed by atoms with E-state index < -0.39 is 6.09 Å².